The molecular formula is C13H22N4O3S. The molecular weight excluding hydrogens is 292 g/mol. The van der Waals surface area contributed by atoms with Crippen molar-refractivity contribution in [1.29, 1.82) is 0 Å². The third-order valence-electron chi connectivity index (χ3n) is 3.47. The van der Waals surface area contributed by atoms with Gasteiger partial charge in [-0.1, -0.05) is 6.92 Å². The minimum atomic E-state index is -3.65. The van der Waals surface area contributed by atoms with E-state index in [-0.39, 0.29) is 17.7 Å². The van der Waals surface area contributed by atoms with Crippen molar-refractivity contribution in [2.45, 2.75) is 18.1 Å². The molecule has 0 radical (unpaired) electrons. The Kier molecular flexibility index (Phi) is 5.51. The van der Waals surface area contributed by atoms with Crippen molar-refractivity contribution in [3.8, 4) is 0 Å². The summed E-state index contributed by atoms with van der Waals surface area (Å²) in [5, 5.41) is 2.84. The van der Waals surface area contributed by atoms with E-state index in [1.165, 1.54) is 6.20 Å². The number of nitrogens with zero attached hydrogens (tertiary/aromatic N) is 2. The molecule has 1 fully saturated rings. The lowest BCUT2D eigenvalue weighted by atomic mass is 10.3. The summed E-state index contributed by atoms with van der Waals surface area (Å²) in [5.41, 5.74) is 0.477. The van der Waals surface area contributed by atoms with Gasteiger partial charge in [-0.3, -0.25) is 4.90 Å². The average molecular weight is 314 g/mol. The van der Waals surface area contributed by atoms with Gasteiger partial charge < -0.3 is 10.1 Å². The third kappa shape index (κ3) is 4.13. The normalized spacial score (nSPS) is 20.4. The lowest BCUT2D eigenvalue weighted by Gasteiger charge is -2.32. The molecule has 1 unspecified atom stereocenters. The maximum absolute atomic E-state index is 12.3. The Hall–Kier alpha value is -1.22. The zero-order valence-corrected chi connectivity index (χ0v) is 13.2. The molecule has 0 amide bonds. The highest BCUT2D eigenvalue weighted by molar-refractivity contribution is 7.89. The van der Waals surface area contributed by atoms with Crippen LogP contribution in [0.1, 0.15) is 6.92 Å². The molecule has 2 heterocycles. The number of pyridine rings is 1. The van der Waals surface area contributed by atoms with Gasteiger partial charge in [0, 0.05) is 32.9 Å². The van der Waals surface area contributed by atoms with Crippen molar-refractivity contribution in [2.24, 2.45) is 0 Å². The molecule has 0 bridgehead atoms. The molecule has 2 rings (SSSR count). The Bertz CT molecular complexity index is 564. The van der Waals surface area contributed by atoms with Gasteiger partial charge in [0.05, 0.1) is 18.4 Å². The van der Waals surface area contributed by atoms with Crippen LogP contribution in [0.5, 0.6) is 0 Å². The van der Waals surface area contributed by atoms with Gasteiger partial charge in [0.15, 0.2) is 5.03 Å². The summed E-state index contributed by atoms with van der Waals surface area (Å²) >= 11 is 0. The van der Waals surface area contributed by atoms with Crippen molar-refractivity contribution >= 4 is 15.7 Å². The maximum atomic E-state index is 12.3. The van der Waals surface area contributed by atoms with E-state index in [1.54, 1.807) is 19.2 Å². The minimum Gasteiger partial charge on any atom is -0.386 e. The van der Waals surface area contributed by atoms with Gasteiger partial charge in [0.2, 0.25) is 0 Å². The van der Waals surface area contributed by atoms with Crippen LogP contribution in [0.2, 0.25) is 0 Å². The highest BCUT2D eigenvalue weighted by Crippen LogP contribution is 2.17. The van der Waals surface area contributed by atoms with Gasteiger partial charge in [-0.2, -0.15) is 0 Å². The SMILES string of the molecule is CCN1CCOC(CNS(=O)(=O)c2ncccc2NC)C1. The number of ether oxygens (including phenoxy) is 1. The largest absolute Gasteiger partial charge is 0.386 e. The minimum absolute atomic E-state index is 0.00987. The lowest BCUT2D eigenvalue weighted by molar-refractivity contribution is -0.0229. The zero-order chi connectivity index (χ0) is 15.3. The van der Waals surface area contributed by atoms with Crippen LogP contribution in [0, 0.1) is 0 Å². The molecule has 1 saturated heterocycles. The van der Waals surface area contributed by atoms with Crippen molar-refractivity contribution < 1.29 is 13.2 Å². The second kappa shape index (κ2) is 7.17. The summed E-state index contributed by atoms with van der Waals surface area (Å²) < 4.78 is 32.8. The number of likely N-dealkylation sites (N-methyl/N-ethyl adjacent to an activating group) is 1. The second-order valence-corrected chi connectivity index (χ2v) is 6.53. The van der Waals surface area contributed by atoms with Gasteiger partial charge in [-0.05, 0) is 18.7 Å². The van der Waals surface area contributed by atoms with Crippen LogP contribution in [0.4, 0.5) is 5.69 Å². The van der Waals surface area contributed by atoms with E-state index >= 15 is 0 Å². The second-order valence-electron chi connectivity index (χ2n) is 4.84. The molecule has 118 valence electrons. The van der Waals surface area contributed by atoms with Crippen molar-refractivity contribution in [3.63, 3.8) is 0 Å². The fourth-order valence-corrected chi connectivity index (χ4v) is 3.46. The zero-order valence-electron chi connectivity index (χ0n) is 12.4. The summed E-state index contributed by atoms with van der Waals surface area (Å²) in [6, 6.07) is 3.37. The van der Waals surface area contributed by atoms with Crippen LogP contribution in [-0.2, 0) is 14.8 Å². The molecule has 0 aromatic carbocycles. The molecule has 7 nitrogen and oxygen atoms in total. The molecule has 0 aliphatic carbocycles. The number of sulfonamides is 1. The van der Waals surface area contributed by atoms with Crippen LogP contribution in [-0.4, -0.2) is 64.2 Å². The number of hydrogen-bond acceptors (Lipinski definition) is 6. The first-order valence-corrected chi connectivity index (χ1v) is 8.51. The van der Waals surface area contributed by atoms with Crippen LogP contribution >= 0.6 is 0 Å². The molecule has 0 saturated carbocycles. The average Bonchev–Trinajstić information content (AvgIpc) is 2.53. The standard InChI is InChI=1S/C13H22N4O3S/c1-3-17-7-8-20-11(10-17)9-16-21(18,19)13-12(14-2)5-4-6-15-13/h4-6,11,14,16H,3,7-10H2,1-2H3. The molecule has 1 aromatic heterocycles. The topological polar surface area (TPSA) is 83.6 Å². The van der Waals surface area contributed by atoms with Crippen LogP contribution in [0.25, 0.3) is 0 Å². The Morgan fingerprint density at radius 2 is 2.33 bits per heavy atom. The number of hydrogen-bond donors (Lipinski definition) is 2. The number of morpholine rings is 1. The fraction of sp³-hybridized carbons (Fsp3) is 0.615. The maximum Gasteiger partial charge on any atom is 0.260 e. The van der Waals surface area contributed by atoms with Crippen LogP contribution < -0.4 is 10.0 Å². The van der Waals surface area contributed by atoms with Gasteiger partial charge in [-0.15, -0.1) is 0 Å². The smallest absolute Gasteiger partial charge is 0.260 e. The van der Waals surface area contributed by atoms with Crippen molar-refractivity contribution in [1.82, 2.24) is 14.6 Å². The Balaban J connectivity index is 2.01. The first-order valence-electron chi connectivity index (χ1n) is 7.03. The predicted molar refractivity (Wildman–Crippen MR) is 80.8 cm³/mol. The van der Waals surface area contributed by atoms with E-state index in [1.807, 2.05) is 0 Å². The Morgan fingerprint density at radius 3 is 3.05 bits per heavy atom. The van der Waals surface area contributed by atoms with Crippen LogP contribution in [0.3, 0.4) is 0 Å². The molecule has 8 heteroatoms. The molecule has 21 heavy (non-hydrogen) atoms. The van der Waals surface area contributed by atoms with Crippen LogP contribution in [0.15, 0.2) is 23.4 Å². The molecule has 1 aromatic rings. The Morgan fingerprint density at radius 1 is 1.52 bits per heavy atom. The van der Waals surface area contributed by atoms with Gasteiger partial charge in [-0.25, -0.2) is 18.1 Å². The number of aromatic nitrogens is 1. The molecule has 1 aliphatic rings. The quantitative estimate of drug-likeness (QED) is 0.776. The summed E-state index contributed by atoms with van der Waals surface area (Å²) in [4.78, 5) is 6.19. The first-order chi connectivity index (χ1) is 10.1. The van der Waals surface area contributed by atoms with E-state index in [0.717, 1.165) is 19.6 Å². The van der Waals surface area contributed by atoms with E-state index in [4.69, 9.17) is 4.74 Å². The number of rotatable bonds is 6. The number of nitrogens with one attached hydrogen (secondary N) is 2. The molecule has 1 atom stereocenters. The molecule has 1 aliphatic heterocycles. The third-order valence-corrected chi connectivity index (χ3v) is 4.85. The highest BCUT2D eigenvalue weighted by atomic mass is 32.2. The number of anilines is 1. The fourth-order valence-electron chi connectivity index (χ4n) is 2.26. The van der Waals surface area contributed by atoms with Gasteiger partial charge >= 0.3 is 0 Å². The van der Waals surface area contributed by atoms with E-state index in [2.05, 4.69) is 26.8 Å². The van der Waals surface area contributed by atoms with E-state index in [9.17, 15) is 8.42 Å². The van der Waals surface area contributed by atoms with Gasteiger partial charge in [0.25, 0.3) is 10.0 Å². The van der Waals surface area contributed by atoms with E-state index in [0.29, 0.717) is 12.3 Å². The molecule has 2 N–H and O–H groups in total. The van der Waals surface area contributed by atoms with Crippen molar-refractivity contribution in [2.75, 3.05) is 45.2 Å². The monoisotopic (exact) mass is 314 g/mol. The first kappa shape index (κ1) is 16.2. The highest BCUT2D eigenvalue weighted by Gasteiger charge is 2.24. The summed E-state index contributed by atoms with van der Waals surface area (Å²) in [7, 11) is -1.98. The van der Waals surface area contributed by atoms with Crippen molar-refractivity contribution in [3.05, 3.63) is 18.3 Å². The molecule has 0 spiro atoms. The Labute approximate surface area is 125 Å². The summed E-state index contributed by atoms with van der Waals surface area (Å²) in [6.07, 6.45) is 1.33. The van der Waals surface area contributed by atoms with E-state index < -0.39 is 10.0 Å². The predicted octanol–water partition coefficient (Wildman–Crippen LogP) is 0.122. The summed E-state index contributed by atoms with van der Waals surface area (Å²) in [5.74, 6) is 0. The van der Waals surface area contributed by atoms with Gasteiger partial charge in [0.1, 0.15) is 0 Å². The summed E-state index contributed by atoms with van der Waals surface area (Å²) in [6.45, 7) is 5.53. The lowest BCUT2D eigenvalue weighted by Crippen LogP contribution is -2.47.